The lowest BCUT2D eigenvalue weighted by molar-refractivity contribution is -0.133. The van der Waals surface area contributed by atoms with Gasteiger partial charge in [0.05, 0.1) is 25.9 Å². The van der Waals surface area contributed by atoms with Gasteiger partial charge in [-0.05, 0) is 54.4 Å². The smallest absolute Gasteiger partial charge is 0.375 e. The third-order valence-corrected chi connectivity index (χ3v) is 5.77. The molecule has 6 nitrogen and oxygen atoms in total. The molecule has 0 saturated heterocycles. The van der Waals surface area contributed by atoms with Crippen LogP contribution in [0.5, 0.6) is 5.75 Å². The molecule has 0 aliphatic carbocycles. The van der Waals surface area contributed by atoms with Gasteiger partial charge in [-0.25, -0.2) is 9.80 Å². The Morgan fingerprint density at radius 3 is 2.22 bits per heavy atom. The van der Waals surface area contributed by atoms with Gasteiger partial charge in [-0.15, -0.1) is 5.10 Å². The molecule has 2 atom stereocenters. The second kappa shape index (κ2) is 9.32. The van der Waals surface area contributed by atoms with Crippen LogP contribution in [0.15, 0.2) is 84.0 Å². The number of ether oxygens (including phenoxy) is 2. The van der Waals surface area contributed by atoms with Crippen LogP contribution in [0, 0.1) is 0 Å². The van der Waals surface area contributed by atoms with Gasteiger partial charge in [0.1, 0.15) is 5.75 Å². The van der Waals surface area contributed by atoms with Gasteiger partial charge in [0.2, 0.25) is 5.84 Å². The summed E-state index contributed by atoms with van der Waals surface area (Å²) in [5.74, 6) is 0.490. The van der Waals surface area contributed by atoms with E-state index in [0.29, 0.717) is 5.02 Å². The first kappa shape index (κ1) is 21.7. The first-order valence-electron chi connectivity index (χ1n) is 10.2. The van der Waals surface area contributed by atoms with Gasteiger partial charge in [0, 0.05) is 5.02 Å². The quantitative estimate of drug-likeness (QED) is 0.470. The summed E-state index contributed by atoms with van der Waals surface area (Å²) in [6, 6.07) is 25.0. The zero-order chi connectivity index (χ0) is 22.7. The van der Waals surface area contributed by atoms with E-state index in [4.69, 9.17) is 26.2 Å². The Kier molecular flexibility index (Phi) is 6.32. The van der Waals surface area contributed by atoms with Crippen LogP contribution >= 0.6 is 11.6 Å². The average Bonchev–Trinajstić information content (AvgIpc) is 3.24. The summed E-state index contributed by atoms with van der Waals surface area (Å²) in [6.07, 6.45) is -0.383. The predicted octanol–water partition coefficient (Wildman–Crippen LogP) is 5.42. The number of methoxy groups -OCH3 is 2. The van der Waals surface area contributed by atoms with Gasteiger partial charge in [-0.2, -0.15) is 0 Å². The Labute approximate surface area is 192 Å². The molecule has 164 valence electrons. The van der Waals surface area contributed by atoms with Crippen LogP contribution in [0.4, 0.5) is 5.69 Å². The summed E-state index contributed by atoms with van der Waals surface area (Å²) in [7, 11) is 3.00. The third-order valence-electron chi connectivity index (χ3n) is 5.51. The van der Waals surface area contributed by atoms with Crippen molar-refractivity contribution in [2.75, 3.05) is 19.2 Å². The summed E-state index contributed by atoms with van der Waals surface area (Å²) < 4.78 is 10.4. The number of esters is 1. The molecule has 1 heterocycles. The molecule has 0 saturated carbocycles. The summed E-state index contributed by atoms with van der Waals surface area (Å²) in [4.78, 5) is 14.8. The lowest BCUT2D eigenvalue weighted by Gasteiger charge is -2.36. The van der Waals surface area contributed by atoms with Crippen LogP contribution in [0.2, 0.25) is 5.02 Å². The fourth-order valence-electron chi connectivity index (χ4n) is 3.84. The maximum absolute atomic E-state index is 12.8. The molecule has 1 aliphatic heterocycles. The number of amidine groups is 1. The molecule has 0 fully saturated rings. The van der Waals surface area contributed by atoms with Crippen molar-refractivity contribution in [2.24, 2.45) is 5.10 Å². The van der Waals surface area contributed by atoms with Crippen LogP contribution in [0.25, 0.3) is 0 Å². The fourth-order valence-corrected chi connectivity index (χ4v) is 3.96. The second-order valence-corrected chi connectivity index (χ2v) is 7.81. The van der Waals surface area contributed by atoms with Gasteiger partial charge >= 0.3 is 5.97 Å². The lowest BCUT2D eigenvalue weighted by Crippen LogP contribution is -2.40. The molecule has 0 amide bonds. The first-order chi connectivity index (χ1) is 15.5. The minimum atomic E-state index is -0.497. The van der Waals surface area contributed by atoms with Crippen LogP contribution in [0.3, 0.4) is 0 Å². The third kappa shape index (κ3) is 4.14. The highest BCUT2D eigenvalue weighted by Gasteiger charge is 2.42. The molecule has 0 bridgehead atoms. The molecule has 0 unspecified atom stereocenters. The van der Waals surface area contributed by atoms with E-state index in [1.54, 1.807) is 19.2 Å². The van der Waals surface area contributed by atoms with Gasteiger partial charge in [-0.1, -0.05) is 54.1 Å². The molecular formula is C25H24ClN3O3. The maximum atomic E-state index is 12.8. The Morgan fingerprint density at radius 1 is 0.969 bits per heavy atom. The minimum absolute atomic E-state index is 0.154. The van der Waals surface area contributed by atoms with Crippen molar-refractivity contribution in [2.45, 2.75) is 19.1 Å². The normalized spacial score (nSPS) is 16.5. The Morgan fingerprint density at radius 2 is 1.62 bits per heavy atom. The number of benzene rings is 3. The molecule has 4 rings (SSSR count). The highest BCUT2D eigenvalue weighted by Crippen LogP contribution is 2.41. The number of carbonyl (C=O) groups excluding carboxylic acids is 1. The number of carbonyl (C=O) groups is 1. The average molecular weight is 450 g/mol. The van der Waals surface area contributed by atoms with E-state index < -0.39 is 5.97 Å². The highest BCUT2D eigenvalue weighted by molar-refractivity contribution is 6.36. The van der Waals surface area contributed by atoms with E-state index in [9.17, 15) is 4.79 Å². The largest absolute Gasteiger partial charge is 0.497 e. The zero-order valence-corrected chi connectivity index (χ0v) is 18.9. The van der Waals surface area contributed by atoms with Gasteiger partial charge in [-0.3, -0.25) is 0 Å². The SMILES string of the molecule is COC(=O)C1=NN(c2ccc(Cl)cc2)[C@@H](c2ccc(OC)cc2)N1[C@@H](C)c1ccccc1. The van der Waals surface area contributed by atoms with Gasteiger partial charge in [0.25, 0.3) is 0 Å². The van der Waals surface area contributed by atoms with Crippen molar-refractivity contribution in [3.05, 3.63) is 95.0 Å². The minimum Gasteiger partial charge on any atom is -0.497 e. The van der Waals surface area contributed by atoms with Crippen LogP contribution in [-0.2, 0) is 9.53 Å². The molecule has 0 spiro atoms. The van der Waals surface area contributed by atoms with Crippen molar-refractivity contribution in [3.63, 3.8) is 0 Å². The van der Waals surface area contributed by atoms with E-state index in [0.717, 1.165) is 22.6 Å². The summed E-state index contributed by atoms with van der Waals surface area (Å²) >= 11 is 6.11. The lowest BCUT2D eigenvalue weighted by atomic mass is 10.0. The molecule has 3 aromatic carbocycles. The Bertz CT molecular complexity index is 1100. The summed E-state index contributed by atoms with van der Waals surface area (Å²) in [6.45, 7) is 2.05. The van der Waals surface area contributed by atoms with Crippen molar-refractivity contribution >= 4 is 29.1 Å². The molecular weight excluding hydrogens is 426 g/mol. The molecule has 3 aromatic rings. The highest BCUT2D eigenvalue weighted by atomic mass is 35.5. The topological polar surface area (TPSA) is 54.4 Å². The molecule has 0 N–H and O–H groups in total. The number of anilines is 1. The molecule has 32 heavy (non-hydrogen) atoms. The van der Waals surface area contributed by atoms with E-state index >= 15 is 0 Å². The number of halogens is 1. The Balaban J connectivity index is 1.86. The van der Waals surface area contributed by atoms with E-state index in [-0.39, 0.29) is 18.0 Å². The zero-order valence-electron chi connectivity index (χ0n) is 18.1. The fraction of sp³-hybridized carbons (Fsp3) is 0.200. The van der Waals surface area contributed by atoms with E-state index in [1.165, 1.54) is 7.11 Å². The monoisotopic (exact) mass is 449 g/mol. The second-order valence-electron chi connectivity index (χ2n) is 7.38. The van der Waals surface area contributed by atoms with Gasteiger partial charge < -0.3 is 14.4 Å². The number of hydrazone groups is 1. The van der Waals surface area contributed by atoms with Crippen molar-refractivity contribution in [1.82, 2.24) is 4.90 Å². The van der Waals surface area contributed by atoms with Crippen molar-refractivity contribution in [1.29, 1.82) is 0 Å². The summed E-state index contributed by atoms with van der Waals surface area (Å²) in [5.41, 5.74) is 2.81. The standard InChI is InChI=1S/C25H24ClN3O3/c1-17(18-7-5-4-6-8-18)28-23(25(30)32-3)27-29(21-13-11-20(26)12-14-21)24(28)19-9-15-22(31-2)16-10-19/h4-17,24H,1-3H3/t17-,24-/m0/s1. The molecule has 0 aromatic heterocycles. The van der Waals surface area contributed by atoms with E-state index in [2.05, 4.69) is 6.92 Å². The van der Waals surface area contributed by atoms with Crippen LogP contribution in [0.1, 0.15) is 30.3 Å². The van der Waals surface area contributed by atoms with Gasteiger partial charge in [0.15, 0.2) is 6.17 Å². The van der Waals surface area contributed by atoms with Crippen LogP contribution in [-0.4, -0.2) is 30.9 Å². The molecule has 1 aliphatic rings. The Hall–Kier alpha value is -3.51. The maximum Gasteiger partial charge on any atom is 0.375 e. The number of rotatable bonds is 6. The van der Waals surface area contributed by atoms with E-state index in [1.807, 2.05) is 76.6 Å². The van der Waals surface area contributed by atoms with Crippen molar-refractivity contribution < 1.29 is 14.3 Å². The summed E-state index contributed by atoms with van der Waals surface area (Å²) in [5, 5.41) is 7.16. The van der Waals surface area contributed by atoms with Crippen LogP contribution < -0.4 is 9.75 Å². The number of hydrogen-bond acceptors (Lipinski definition) is 6. The number of hydrogen-bond donors (Lipinski definition) is 0. The predicted molar refractivity (Wildman–Crippen MR) is 126 cm³/mol. The van der Waals surface area contributed by atoms with Crippen molar-refractivity contribution in [3.8, 4) is 5.75 Å². The molecule has 7 heteroatoms. The number of nitrogens with zero attached hydrogens (tertiary/aromatic N) is 3. The first-order valence-corrected chi connectivity index (χ1v) is 10.6. The molecule has 0 radical (unpaired) electrons.